The quantitative estimate of drug-likeness (QED) is 0.715. The molecular weight excluding hydrogens is 377 g/mol. The summed E-state index contributed by atoms with van der Waals surface area (Å²) < 4.78 is 39.9. The summed E-state index contributed by atoms with van der Waals surface area (Å²) in [6.07, 6.45) is -0.254. The Bertz CT molecular complexity index is 944. The molecule has 9 heteroatoms. The molecule has 1 N–H and O–H groups in total. The summed E-state index contributed by atoms with van der Waals surface area (Å²) in [5.41, 5.74) is 0.374. The lowest BCUT2D eigenvalue weighted by Gasteiger charge is -2.06. The maximum Gasteiger partial charge on any atom is 0.416 e. The second kappa shape index (κ2) is 7.51. The van der Waals surface area contributed by atoms with Gasteiger partial charge in [-0.3, -0.25) is 4.79 Å². The smallest absolute Gasteiger partial charge is 0.351 e. The highest BCUT2D eigenvalue weighted by molar-refractivity contribution is 7.17. The molecule has 0 spiro atoms. The molecule has 1 amide bonds. The van der Waals surface area contributed by atoms with Gasteiger partial charge < -0.3 is 9.88 Å². The highest BCUT2D eigenvalue weighted by Crippen LogP contribution is 2.32. The lowest BCUT2D eigenvalue weighted by molar-refractivity contribution is -0.137. The van der Waals surface area contributed by atoms with E-state index in [0.29, 0.717) is 34.1 Å². The van der Waals surface area contributed by atoms with Gasteiger partial charge in [-0.15, -0.1) is 11.3 Å². The fourth-order valence-corrected chi connectivity index (χ4v) is 3.53. The minimum absolute atomic E-state index is 0.252. The topological polar surface area (TPSA) is 59.8 Å². The number of amides is 1. The molecule has 2 heterocycles. The molecule has 0 aliphatic carbocycles. The second-order valence-corrected chi connectivity index (χ2v) is 6.97. The number of alkyl halides is 3. The van der Waals surface area contributed by atoms with Crippen LogP contribution in [0.15, 0.2) is 36.7 Å². The van der Waals surface area contributed by atoms with Gasteiger partial charge >= 0.3 is 6.18 Å². The molecule has 0 atom stereocenters. The highest BCUT2D eigenvalue weighted by Gasteiger charge is 2.30. The normalized spacial score (nSPS) is 11.6. The van der Waals surface area contributed by atoms with Crippen LogP contribution in [0, 0.1) is 6.92 Å². The van der Waals surface area contributed by atoms with E-state index in [2.05, 4.69) is 15.3 Å². The number of hydrogen-bond acceptors (Lipinski definition) is 4. The summed E-state index contributed by atoms with van der Waals surface area (Å²) in [6.45, 7) is 2.13. The van der Waals surface area contributed by atoms with E-state index in [9.17, 15) is 18.0 Å². The van der Waals surface area contributed by atoms with Crippen molar-refractivity contribution in [3.05, 3.63) is 58.6 Å². The summed E-state index contributed by atoms with van der Waals surface area (Å²) in [5.74, 6) is 0.610. The zero-order valence-corrected chi connectivity index (χ0v) is 15.5. The molecule has 5 nitrogen and oxygen atoms in total. The standard InChI is InChI=1S/C18H17F3N4OS/c1-11-15(16(26)23-8-7-14-22-9-10-25(14)2)27-17(24-11)12-3-5-13(6-4-12)18(19,20)21/h3-6,9-10H,7-8H2,1-2H3,(H,23,26). The predicted molar refractivity (Wildman–Crippen MR) is 96.5 cm³/mol. The van der Waals surface area contributed by atoms with Crippen molar-refractivity contribution < 1.29 is 18.0 Å². The third-order valence-corrected chi connectivity index (χ3v) is 5.22. The fraction of sp³-hybridized carbons (Fsp3) is 0.278. The average Bonchev–Trinajstić information content (AvgIpc) is 3.20. The summed E-state index contributed by atoms with van der Waals surface area (Å²) >= 11 is 1.16. The molecule has 3 rings (SSSR count). The number of nitrogens with zero attached hydrogens (tertiary/aromatic N) is 3. The van der Waals surface area contributed by atoms with Crippen molar-refractivity contribution in [2.24, 2.45) is 7.05 Å². The van der Waals surface area contributed by atoms with E-state index in [1.807, 2.05) is 17.8 Å². The Balaban J connectivity index is 1.68. The molecule has 1 aromatic carbocycles. The molecule has 0 saturated heterocycles. The Hall–Kier alpha value is -2.68. The Labute approximate surface area is 157 Å². The number of rotatable bonds is 5. The van der Waals surface area contributed by atoms with Crippen LogP contribution in [0.3, 0.4) is 0 Å². The number of benzene rings is 1. The molecule has 3 aromatic rings. The first kappa shape index (κ1) is 19.1. The Morgan fingerprint density at radius 1 is 1.26 bits per heavy atom. The Morgan fingerprint density at radius 3 is 2.56 bits per heavy atom. The van der Waals surface area contributed by atoms with Gasteiger partial charge in [-0.05, 0) is 19.1 Å². The molecule has 142 valence electrons. The zero-order valence-electron chi connectivity index (χ0n) is 14.7. The van der Waals surface area contributed by atoms with E-state index in [-0.39, 0.29) is 5.91 Å². The van der Waals surface area contributed by atoms with E-state index in [0.717, 1.165) is 29.3 Å². The van der Waals surface area contributed by atoms with Crippen molar-refractivity contribution in [2.75, 3.05) is 6.54 Å². The van der Waals surface area contributed by atoms with Crippen LogP contribution >= 0.6 is 11.3 Å². The van der Waals surface area contributed by atoms with Crippen molar-refractivity contribution in [1.29, 1.82) is 0 Å². The van der Waals surface area contributed by atoms with Crippen molar-refractivity contribution in [3.63, 3.8) is 0 Å². The van der Waals surface area contributed by atoms with Gasteiger partial charge in [0.05, 0.1) is 11.3 Å². The first-order valence-electron chi connectivity index (χ1n) is 8.15. The van der Waals surface area contributed by atoms with Gasteiger partial charge in [0.2, 0.25) is 0 Å². The fourth-order valence-electron chi connectivity index (χ4n) is 2.54. The first-order chi connectivity index (χ1) is 12.8. The minimum atomic E-state index is -4.38. The predicted octanol–water partition coefficient (Wildman–Crippen LogP) is 3.84. The SMILES string of the molecule is Cc1nc(-c2ccc(C(F)(F)F)cc2)sc1C(=O)NCCc1nccn1C. The highest BCUT2D eigenvalue weighted by atomic mass is 32.1. The van der Waals surface area contributed by atoms with Crippen LogP contribution in [-0.2, 0) is 19.6 Å². The zero-order chi connectivity index (χ0) is 19.6. The van der Waals surface area contributed by atoms with Crippen LogP contribution in [0.4, 0.5) is 13.2 Å². The molecule has 0 unspecified atom stereocenters. The number of carbonyl (C=O) groups excluding carboxylic acids is 1. The summed E-state index contributed by atoms with van der Waals surface area (Å²) in [7, 11) is 1.88. The maximum atomic E-state index is 12.7. The molecule has 0 radical (unpaired) electrons. The van der Waals surface area contributed by atoms with Crippen molar-refractivity contribution in [3.8, 4) is 10.6 Å². The molecule has 0 bridgehead atoms. The van der Waals surface area contributed by atoms with E-state index in [1.54, 1.807) is 13.1 Å². The molecule has 0 aliphatic heterocycles. The number of thiazole rings is 1. The number of nitrogens with one attached hydrogen (secondary N) is 1. The van der Waals surface area contributed by atoms with Gasteiger partial charge in [0.1, 0.15) is 15.7 Å². The van der Waals surface area contributed by atoms with E-state index in [4.69, 9.17) is 0 Å². The maximum absolute atomic E-state index is 12.7. The number of carbonyl (C=O) groups is 1. The molecule has 0 aliphatic rings. The van der Waals surface area contributed by atoms with Gasteiger partial charge in [0, 0.05) is 38.0 Å². The third-order valence-electron chi connectivity index (χ3n) is 4.02. The summed E-state index contributed by atoms with van der Waals surface area (Å²) in [5, 5.41) is 3.34. The van der Waals surface area contributed by atoms with Gasteiger partial charge in [-0.1, -0.05) is 12.1 Å². The third kappa shape index (κ3) is 4.36. The Kier molecular flexibility index (Phi) is 5.31. The van der Waals surface area contributed by atoms with Crippen molar-refractivity contribution in [1.82, 2.24) is 19.9 Å². The van der Waals surface area contributed by atoms with E-state index >= 15 is 0 Å². The Morgan fingerprint density at radius 2 is 1.96 bits per heavy atom. The van der Waals surface area contributed by atoms with Crippen LogP contribution in [0.5, 0.6) is 0 Å². The second-order valence-electron chi connectivity index (χ2n) is 5.97. The lowest BCUT2D eigenvalue weighted by Crippen LogP contribution is -2.26. The number of halogens is 3. The van der Waals surface area contributed by atoms with Gasteiger partial charge in [0.15, 0.2) is 0 Å². The summed E-state index contributed by atoms with van der Waals surface area (Å²) in [6, 6.07) is 4.76. The number of aromatic nitrogens is 3. The molecule has 2 aromatic heterocycles. The molecular formula is C18H17F3N4OS. The molecule has 0 fully saturated rings. The van der Waals surface area contributed by atoms with Gasteiger partial charge in [-0.25, -0.2) is 9.97 Å². The van der Waals surface area contributed by atoms with Crippen LogP contribution in [0.2, 0.25) is 0 Å². The van der Waals surface area contributed by atoms with Gasteiger partial charge in [-0.2, -0.15) is 13.2 Å². The molecule has 27 heavy (non-hydrogen) atoms. The molecule has 0 saturated carbocycles. The number of aryl methyl sites for hydroxylation is 2. The van der Waals surface area contributed by atoms with E-state index < -0.39 is 11.7 Å². The first-order valence-corrected chi connectivity index (χ1v) is 8.97. The van der Waals surface area contributed by atoms with Crippen LogP contribution in [0.25, 0.3) is 10.6 Å². The van der Waals surface area contributed by atoms with Gasteiger partial charge in [0.25, 0.3) is 5.91 Å². The summed E-state index contributed by atoms with van der Waals surface area (Å²) in [4.78, 5) is 21.4. The minimum Gasteiger partial charge on any atom is -0.351 e. The lowest BCUT2D eigenvalue weighted by atomic mass is 10.1. The number of hydrogen-bond donors (Lipinski definition) is 1. The average molecular weight is 394 g/mol. The largest absolute Gasteiger partial charge is 0.416 e. The van der Waals surface area contributed by atoms with Crippen LogP contribution < -0.4 is 5.32 Å². The van der Waals surface area contributed by atoms with Crippen molar-refractivity contribution in [2.45, 2.75) is 19.5 Å². The van der Waals surface area contributed by atoms with Crippen LogP contribution in [-0.4, -0.2) is 27.0 Å². The number of imidazole rings is 1. The van der Waals surface area contributed by atoms with Crippen molar-refractivity contribution >= 4 is 17.2 Å². The monoisotopic (exact) mass is 394 g/mol. The van der Waals surface area contributed by atoms with Crippen LogP contribution in [0.1, 0.15) is 26.8 Å². The van der Waals surface area contributed by atoms with E-state index in [1.165, 1.54) is 12.1 Å².